The van der Waals surface area contributed by atoms with Gasteiger partial charge in [-0.15, -0.1) is 0 Å². The van der Waals surface area contributed by atoms with Crippen molar-refractivity contribution in [3.05, 3.63) is 33.9 Å². The van der Waals surface area contributed by atoms with Gasteiger partial charge in [0.15, 0.2) is 0 Å². The molecule has 94 valence electrons. The molecule has 0 amide bonds. The molecule has 1 saturated carbocycles. The summed E-state index contributed by atoms with van der Waals surface area (Å²) in [5.74, 6) is 0.825. The number of nitriles is 1. The van der Waals surface area contributed by atoms with E-state index in [1.165, 1.54) is 25.3 Å². The summed E-state index contributed by atoms with van der Waals surface area (Å²) in [6.45, 7) is 0.855. The number of nitrogens with one attached hydrogen (secondary N) is 1. The predicted molar refractivity (Wildman–Crippen MR) is 68.3 cm³/mol. The van der Waals surface area contributed by atoms with Gasteiger partial charge in [0.05, 0.1) is 4.92 Å². The van der Waals surface area contributed by atoms with E-state index in [9.17, 15) is 10.1 Å². The molecule has 1 fully saturated rings. The molecule has 1 aromatic rings. The lowest BCUT2D eigenvalue weighted by molar-refractivity contribution is -0.385. The van der Waals surface area contributed by atoms with Crippen molar-refractivity contribution in [3.63, 3.8) is 0 Å². The average molecular weight is 245 g/mol. The van der Waals surface area contributed by atoms with Crippen molar-refractivity contribution in [1.82, 2.24) is 0 Å². The minimum Gasteiger partial charge on any atom is -0.385 e. The molecule has 0 aliphatic heterocycles. The molecule has 0 heterocycles. The maximum absolute atomic E-state index is 10.7. The second kappa shape index (κ2) is 5.50. The van der Waals surface area contributed by atoms with Gasteiger partial charge in [-0.25, -0.2) is 0 Å². The van der Waals surface area contributed by atoms with Crippen molar-refractivity contribution in [2.45, 2.75) is 25.7 Å². The molecular formula is C13H15N3O2. The van der Waals surface area contributed by atoms with Gasteiger partial charge in [-0.1, -0.05) is 19.3 Å². The Labute approximate surface area is 106 Å². The average Bonchev–Trinajstić information content (AvgIpc) is 2.31. The molecule has 0 saturated heterocycles. The fourth-order valence-corrected chi connectivity index (χ4v) is 2.10. The fourth-order valence-electron chi connectivity index (χ4n) is 2.10. The summed E-state index contributed by atoms with van der Waals surface area (Å²) in [5, 5.41) is 22.8. The summed E-state index contributed by atoms with van der Waals surface area (Å²) in [4.78, 5) is 10.1. The summed E-state index contributed by atoms with van der Waals surface area (Å²) in [6.07, 6.45) is 5.08. The van der Waals surface area contributed by atoms with Gasteiger partial charge in [-0.2, -0.15) is 5.26 Å². The molecule has 1 aliphatic rings. The molecule has 1 aromatic carbocycles. The molecule has 5 nitrogen and oxygen atoms in total. The van der Waals surface area contributed by atoms with E-state index in [1.807, 2.05) is 6.07 Å². The first kappa shape index (κ1) is 12.4. The third-order valence-corrected chi connectivity index (χ3v) is 3.42. The molecule has 0 atom stereocenters. The van der Waals surface area contributed by atoms with Crippen molar-refractivity contribution in [1.29, 1.82) is 5.26 Å². The van der Waals surface area contributed by atoms with E-state index in [0.29, 0.717) is 0 Å². The van der Waals surface area contributed by atoms with Gasteiger partial charge in [0.1, 0.15) is 11.6 Å². The van der Waals surface area contributed by atoms with Crippen LogP contribution in [0.5, 0.6) is 0 Å². The lowest BCUT2D eigenvalue weighted by Gasteiger charge is -2.25. The van der Waals surface area contributed by atoms with Crippen LogP contribution in [0.15, 0.2) is 18.2 Å². The molecule has 1 aliphatic carbocycles. The van der Waals surface area contributed by atoms with Gasteiger partial charge >= 0.3 is 0 Å². The quantitative estimate of drug-likeness (QED) is 0.638. The Kier molecular flexibility index (Phi) is 3.78. The Balaban J connectivity index is 1.96. The summed E-state index contributed by atoms with van der Waals surface area (Å²) in [7, 11) is 0. The van der Waals surface area contributed by atoms with Crippen LogP contribution in [-0.2, 0) is 0 Å². The van der Waals surface area contributed by atoms with E-state index in [0.717, 1.165) is 24.6 Å². The molecule has 0 radical (unpaired) electrons. The Hall–Kier alpha value is -2.09. The Bertz CT molecular complexity index is 489. The Morgan fingerprint density at radius 1 is 1.50 bits per heavy atom. The number of benzene rings is 1. The van der Waals surface area contributed by atoms with Gasteiger partial charge in [0.2, 0.25) is 0 Å². The number of nitrogens with zero attached hydrogens (tertiary/aromatic N) is 2. The first-order valence-corrected chi connectivity index (χ1v) is 6.13. The highest BCUT2D eigenvalue weighted by atomic mass is 16.6. The van der Waals surface area contributed by atoms with Gasteiger partial charge in [0, 0.05) is 18.3 Å². The molecule has 0 unspecified atom stereocenters. The number of anilines is 1. The van der Waals surface area contributed by atoms with Crippen molar-refractivity contribution in [2.75, 3.05) is 11.9 Å². The summed E-state index contributed by atoms with van der Waals surface area (Å²) < 4.78 is 0. The van der Waals surface area contributed by atoms with E-state index in [-0.39, 0.29) is 11.3 Å². The highest BCUT2D eigenvalue weighted by molar-refractivity contribution is 5.58. The number of hydrogen-bond acceptors (Lipinski definition) is 4. The molecule has 0 bridgehead atoms. The van der Waals surface area contributed by atoms with E-state index in [4.69, 9.17) is 5.26 Å². The highest BCUT2D eigenvalue weighted by Gasteiger charge is 2.17. The third-order valence-electron chi connectivity index (χ3n) is 3.42. The van der Waals surface area contributed by atoms with Crippen LogP contribution in [0.3, 0.4) is 0 Å². The lowest BCUT2D eigenvalue weighted by Crippen LogP contribution is -2.15. The van der Waals surface area contributed by atoms with Crippen LogP contribution in [0, 0.1) is 27.4 Å². The van der Waals surface area contributed by atoms with Crippen LogP contribution in [0.25, 0.3) is 0 Å². The number of rotatable bonds is 5. The van der Waals surface area contributed by atoms with E-state index < -0.39 is 4.92 Å². The van der Waals surface area contributed by atoms with Gasteiger partial charge in [-0.3, -0.25) is 10.1 Å². The summed E-state index contributed by atoms with van der Waals surface area (Å²) in [5.41, 5.74) is 0.743. The van der Waals surface area contributed by atoms with Crippen LogP contribution in [-0.4, -0.2) is 11.5 Å². The standard InChI is InChI=1S/C13H15N3O2/c14-9-11-8-12(4-5-13(11)16(17)18)15-7-6-10-2-1-3-10/h4-5,8,10,15H,1-3,6-7H2. The molecular weight excluding hydrogens is 230 g/mol. The normalized spacial score (nSPS) is 14.6. The topological polar surface area (TPSA) is 79.0 Å². The predicted octanol–water partition coefficient (Wildman–Crippen LogP) is 3.07. The zero-order valence-corrected chi connectivity index (χ0v) is 10.1. The van der Waals surface area contributed by atoms with Gasteiger partial charge in [0.25, 0.3) is 5.69 Å². The molecule has 5 heteroatoms. The zero-order valence-electron chi connectivity index (χ0n) is 10.1. The van der Waals surface area contributed by atoms with Gasteiger partial charge < -0.3 is 5.32 Å². The van der Waals surface area contributed by atoms with Crippen molar-refractivity contribution < 1.29 is 4.92 Å². The second-order valence-electron chi connectivity index (χ2n) is 4.61. The first-order valence-electron chi connectivity index (χ1n) is 6.13. The molecule has 2 rings (SSSR count). The Morgan fingerprint density at radius 2 is 2.28 bits per heavy atom. The minimum atomic E-state index is -0.531. The number of hydrogen-bond donors (Lipinski definition) is 1. The molecule has 1 N–H and O–H groups in total. The van der Waals surface area contributed by atoms with E-state index in [1.54, 1.807) is 12.1 Å². The first-order chi connectivity index (χ1) is 8.70. The molecule has 18 heavy (non-hydrogen) atoms. The zero-order chi connectivity index (χ0) is 13.0. The summed E-state index contributed by atoms with van der Waals surface area (Å²) >= 11 is 0. The van der Waals surface area contributed by atoms with Crippen molar-refractivity contribution in [3.8, 4) is 6.07 Å². The number of nitro groups is 1. The molecule has 0 aromatic heterocycles. The summed E-state index contributed by atoms with van der Waals surface area (Å²) in [6, 6.07) is 6.43. The van der Waals surface area contributed by atoms with E-state index in [2.05, 4.69) is 5.32 Å². The smallest absolute Gasteiger partial charge is 0.287 e. The minimum absolute atomic E-state index is 0.105. The van der Waals surface area contributed by atoms with E-state index >= 15 is 0 Å². The lowest BCUT2D eigenvalue weighted by atomic mass is 9.83. The second-order valence-corrected chi connectivity index (χ2v) is 4.61. The largest absolute Gasteiger partial charge is 0.385 e. The highest BCUT2D eigenvalue weighted by Crippen LogP contribution is 2.29. The third kappa shape index (κ3) is 2.77. The number of nitro benzene ring substituents is 1. The monoisotopic (exact) mass is 245 g/mol. The SMILES string of the molecule is N#Cc1cc(NCCC2CCC2)ccc1[N+](=O)[O-]. The van der Waals surface area contributed by atoms with Crippen LogP contribution < -0.4 is 5.32 Å². The van der Waals surface area contributed by atoms with Crippen molar-refractivity contribution in [2.24, 2.45) is 5.92 Å². The van der Waals surface area contributed by atoms with Crippen LogP contribution in [0.2, 0.25) is 0 Å². The van der Waals surface area contributed by atoms with Crippen LogP contribution >= 0.6 is 0 Å². The van der Waals surface area contributed by atoms with Crippen molar-refractivity contribution >= 4 is 11.4 Å². The molecule has 0 spiro atoms. The fraction of sp³-hybridized carbons (Fsp3) is 0.462. The Morgan fingerprint density at radius 3 is 2.83 bits per heavy atom. The van der Waals surface area contributed by atoms with Crippen LogP contribution in [0.4, 0.5) is 11.4 Å². The maximum Gasteiger partial charge on any atom is 0.287 e. The van der Waals surface area contributed by atoms with Crippen LogP contribution in [0.1, 0.15) is 31.2 Å². The maximum atomic E-state index is 10.7. The van der Waals surface area contributed by atoms with Gasteiger partial charge in [-0.05, 0) is 24.5 Å².